The highest BCUT2D eigenvalue weighted by atomic mass is 16.5. The van der Waals surface area contributed by atoms with Gasteiger partial charge in [-0.2, -0.15) is 0 Å². The number of hydrogen-bond acceptors (Lipinski definition) is 14. The lowest BCUT2D eigenvalue weighted by atomic mass is 10.0. The van der Waals surface area contributed by atoms with Crippen LogP contribution in [0.1, 0.15) is 207 Å². The Morgan fingerprint density at radius 2 is 0.647 bits per heavy atom. The number of aliphatic hydroxyl groups excluding tert-OH is 10. The minimum absolute atomic E-state index is 0.00816. The second kappa shape index (κ2) is 46.7. The molecular formula is C54H108N2O12. The van der Waals surface area contributed by atoms with Crippen molar-refractivity contribution in [1.29, 1.82) is 0 Å². The second-order valence-corrected chi connectivity index (χ2v) is 19.3. The minimum Gasteiger partial charge on any atom is -0.394 e. The van der Waals surface area contributed by atoms with Gasteiger partial charge in [0, 0.05) is 37.6 Å². The van der Waals surface area contributed by atoms with Crippen molar-refractivity contribution in [2.75, 3.05) is 65.8 Å². The van der Waals surface area contributed by atoms with Gasteiger partial charge in [-0.25, -0.2) is 0 Å². The summed E-state index contributed by atoms with van der Waals surface area (Å²) in [5.74, 6) is 0. The van der Waals surface area contributed by atoms with Gasteiger partial charge in [0.05, 0.1) is 51.8 Å². The van der Waals surface area contributed by atoms with E-state index in [2.05, 4.69) is 39.8 Å². The second-order valence-electron chi connectivity index (χ2n) is 19.3. The smallest absolute Gasteiger partial charge is 0.111 e. The molecule has 0 radical (unpaired) electrons. The number of ether oxygens (including phenoxy) is 2. The molecule has 406 valence electrons. The average molecular weight is 977 g/mol. The van der Waals surface area contributed by atoms with Gasteiger partial charge in [-0.3, -0.25) is 0 Å². The van der Waals surface area contributed by atoms with E-state index in [1.807, 2.05) is 9.80 Å². The van der Waals surface area contributed by atoms with Crippen LogP contribution in [-0.2, 0) is 9.47 Å². The Bertz CT molecular complexity index is 1070. The molecule has 0 aromatic carbocycles. The fraction of sp³-hybridized carbons (Fsp3) is 0.926. The van der Waals surface area contributed by atoms with Gasteiger partial charge in [-0.1, -0.05) is 168 Å². The van der Waals surface area contributed by atoms with E-state index >= 15 is 0 Å². The van der Waals surface area contributed by atoms with Crippen molar-refractivity contribution in [3.05, 3.63) is 23.5 Å². The Labute approximate surface area is 414 Å². The van der Waals surface area contributed by atoms with E-state index in [0.29, 0.717) is 39.5 Å². The molecule has 14 nitrogen and oxygen atoms in total. The van der Waals surface area contributed by atoms with Crippen molar-refractivity contribution < 1.29 is 60.5 Å². The molecule has 0 spiro atoms. The molecule has 10 N–H and O–H groups in total. The topological polar surface area (TPSA) is 227 Å². The molecule has 0 heterocycles. The van der Waals surface area contributed by atoms with Gasteiger partial charge >= 0.3 is 0 Å². The van der Waals surface area contributed by atoms with E-state index in [9.17, 15) is 51.1 Å². The van der Waals surface area contributed by atoms with Crippen LogP contribution in [0.2, 0.25) is 0 Å². The SMILES string of the molecule is CCCCCCCC/C=C(/CCCCCCCC)N(CCOCCOCCN(C[C@H](O)[C@@H](O)[C@H](O)[C@H](O)CO)/C(=C\CCCCCCCC)CCCCCCCC)C[C@H](O)[C@@H](O)[C@H](O)[C@H](O)CO. The quantitative estimate of drug-likeness (QED) is 0.0271. The zero-order valence-electron chi connectivity index (χ0n) is 43.8. The molecule has 0 saturated heterocycles. The molecule has 0 aliphatic heterocycles. The number of unbranched alkanes of at least 4 members (excludes halogenated alkanes) is 22. The van der Waals surface area contributed by atoms with E-state index in [0.717, 1.165) is 101 Å². The molecule has 0 fully saturated rings. The Morgan fingerprint density at radius 1 is 0.368 bits per heavy atom. The molecule has 0 saturated carbocycles. The van der Waals surface area contributed by atoms with Crippen molar-refractivity contribution in [3.63, 3.8) is 0 Å². The molecule has 0 aromatic rings. The first-order valence-electron chi connectivity index (χ1n) is 27.6. The summed E-state index contributed by atoms with van der Waals surface area (Å²) < 4.78 is 12.2. The Morgan fingerprint density at radius 3 is 0.956 bits per heavy atom. The van der Waals surface area contributed by atoms with Crippen LogP contribution >= 0.6 is 0 Å². The largest absolute Gasteiger partial charge is 0.394 e. The van der Waals surface area contributed by atoms with Gasteiger partial charge in [0.1, 0.15) is 36.6 Å². The highest BCUT2D eigenvalue weighted by molar-refractivity contribution is 5.04. The summed E-state index contributed by atoms with van der Waals surface area (Å²) in [6.07, 6.45) is 22.9. The molecule has 0 rings (SSSR count). The van der Waals surface area contributed by atoms with E-state index < -0.39 is 62.0 Å². The predicted molar refractivity (Wildman–Crippen MR) is 275 cm³/mol. The van der Waals surface area contributed by atoms with Crippen molar-refractivity contribution in [1.82, 2.24) is 9.80 Å². The van der Waals surface area contributed by atoms with Crippen LogP contribution in [-0.4, -0.2) is 176 Å². The molecule has 0 aromatic heterocycles. The fourth-order valence-electron chi connectivity index (χ4n) is 8.51. The highest BCUT2D eigenvalue weighted by Crippen LogP contribution is 2.22. The van der Waals surface area contributed by atoms with Gasteiger partial charge < -0.3 is 70.3 Å². The first-order chi connectivity index (χ1) is 32.9. The molecule has 8 atom stereocenters. The Kier molecular flexibility index (Phi) is 45.7. The van der Waals surface area contributed by atoms with Gasteiger partial charge in [-0.05, 0) is 51.4 Å². The molecule has 14 heteroatoms. The summed E-state index contributed by atoms with van der Waals surface area (Å²) in [4.78, 5) is 4.04. The lowest BCUT2D eigenvalue weighted by molar-refractivity contribution is -0.119. The lowest BCUT2D eigenvalue weighted by Crippen LogP contribution is -2.50. The third kappa shape index (κ3) is 34.1. The first kappa shape index (κ1) is 66.6. The van der Waals surface area contributed by atoms with E-state index in [1.54, 1.807) is 0 Å². The van der Waals surface area contributed by atoms with Crippen LogP contribution in [0.5, 0.6) is 0 Å². The van der Waals surface area contributed by atoms with Crippen LogP contribution in [0.4, 0.5) is 0 Å². The summed E-state index contributed by atoms with van der Waals surface area (Å²) in [7, 11) is 0. The van der Waals surface area contributed by atoms with Gasteiger partial charge in [0.2, 0.25) is 0 Å². The predicted octanol–water partition coefficient (Wildman–Crippen LogP) is 7.27. The fourth-order valence-corrected chi connectivity index (χ4v) is 8.51. The molecule has 0 aliphatic carbocycles. The molecule has 0 aliphatic rings. The maximum atomic E-state index is 11.1. The van der Waals surface area contributed by atoms with E-state index in [4.69, 9.17) is 9.47 Å². The maximum Gasteiger partial charge on any atom is 0.111 e. The summed E-state index contributed by atoms with van der Waals surface area (Å²) in [5, 5.41) is 103. The Balaban J connectivity index is 5.98. The number of allylic oxidation sites excluding steroid dienone is 4. The number of aliphatic hydroxyl groups is 10. The standard InChI is InChI=1S/C54H108N2O12/c1-5-9-13-17-21-25-29-33-45(31-27-23-19-15-11-7-3)55(41-47(59)51(63)53(65)49(61)43-57)35-37-67-39-40-68-38-36-56(42-48(60)52(64)54(66)50(62)44-58)46(32-28-24-20-16-12-8-4)34-30-26-22-18-14-10-6-2/h33-34,47-54,57-66H,5-32,35-44H2,1-4H3/b45-33-,46-34-/t47-,48-,49+,50+,51+,52+,53+,54+/m0/s1. The summed E-state index contributed by atoms with van der Waals surface area (Å²) in [5.41, 5.74) is 2.12. The van der Waals surface area contributed by atoms with Gasteiger partial charge in [-0.15, -0.1) is 0 Å². The Hall–Kier alpha value is -1.40. The normalized spacial score (nSPS) is 16.1. The third-order valence-electron chi connectivity index (χ3n) is 13.1. The molecule has 0 amide bonds. The highest BCUT2D eigenvalue weighted by Gasteiger charge is 2.33. The summed E-state index contributed by atoms with van der Waals surface area (Å²) in [6, 6.07) is 0. The number of rotatable bonds is 51. The van der Waals surface area contributed by atoms with Crippen molar-refractivity contribution in [2.45, 2.75) is 256 Å². The average Bonchev–Trinajstić information content (AvgIpc) is 3.34. The van der Waals surface area contributed by atoms with Crippen LogP contribution in [0.15, 0.2) is 23.5 Å². The first-order valence-corrected chi connectivity index (χ1v) is 27.6. The molecule has 0 bridgehead atoms. The molecule has 0 unspecified atom stereocenters. The van der Waals surface area contributed by atoms with Crippen molar-refractivity contribution >= 4 is 0 Å². The zero-order chi connectivity index (χ0) is 50.6. The maximum absolute atomic E-state index is 11.1. The van der Waals surface area contributed by atoms with Gasteiger partial charge in [0.15, 0.2) is 0 Å². The third-order valence-corrected chi connectivity index (χ3v) is 13.1. The minimum atomic E-state index is -1.71. The molecular weight excluding hydrogens is 869 g/mol. The van der Waals surface area contributed by atoms with Gasteiger partial charge in [0.25, 0.3) is 0 Å². The van der Waals surface area contributed by atoms with E-state index in [1.165, 1.54) is 89.9 Å². The monoisotopic (exact) mass is 977 g/mol. The van der Waals surface area contributed by atoms with Crippen molar-refractivity contribution in [2.24, 2.45) is 0 Å². The van der Waals surface area contributed by atoms with Crippen molar-refractivity contribution in [3.8, 4) is 0 Å². The van der Waals surface area contributed by atoms with E-state index in [-0.39, 0.29) is 13.1 Å². The van der Waals surface area contributed by atoms with Crippen LogP contribution in [0.3, 0.4) is 0 Å². The number of hydrogen-bond donors (Lipinski definition) is 10. The van der Waals surface area contributed by atoms with Crippen LogP contribution in [0.25, 0.3) is 0 Å². The number of nitrogens with zero attached hydrogens (tertiary/aromatic N) is 2. The summed E-state index contributed by atoms with van der Waals surface area (Å²) >= 11 is 0. The molecule has 68 heavy (non-hydrogen) atoms. The summed E-state index contributed by atoms with van der Waals surface area (Å²) in [6.45, 7) is 9.38. The van der Waals surface area contributed by atoms with Crippen LogP contribution < -0.4 is 0 Å². The lowest BCUT2D eigenvalue weighted by Gasteiger charge is -2.33. The zero-order valence-corrected chi connectivity index (χ0v) is 43.8. The van der Waals surface area contributed by atoms with Crippen LogP contribution in [0, 0.1) is 0 Å².